The molecule has 0 atom stereocenters. The van der Waals surface area contributed by atoms with Gasteiger partial charge in [-0.25, -0.2) is 0 Å². The molecule has 1 amide bonds. The summed E-state index contributed by atoms with van der Waals surface area (Å²) in [6, 6.07) is 1.85. The minimum Gasteiger partial charge on any atom is -0.395 e. The van der Waals surface area contributed by atoms with Crippen LogP contribution < -0.4 is 5.32 Å². The molecule has 1 aromatic rings. The zero-order chi connectivity index (χ0) is 16.1. The molecule has 0 spiro atoms. The molecule has 1 aromatic heterocycles. The van der Waals surface area contributed by atoms with Crippen LogP contribution in [0.25, 0.3) is 0 Å². The largest absolute Gasteiger partial charge is 0.395 e. The Hall–Kier alpha value is -1.31. The monoisotopic (exact) mass is 307 g/mol. The molecule has 1 heterocycles. The minimum atomic E-state index is -0.269. The molecular weight excluding hydrogens is 282 g/mol. The Morgan fingerprint density at radius 3 is 2.57 bits per heavy atom. The Kier molecular flexibility index (Phi) is 6.00. The molecule has 116 valence electrons. The SMILES string of the molecule is CC(C)(C)CC(C)(C)NC(=O)c1sccc1C#CCCO. The van der Waals surface area contributed by atoms with Crippen molar-refractivity contribution in [2.45, 2.75) is 53.0 Å². The highest BCUT2D eigenvalue weighted by atomic mass is 32.1. The summed E-state index contributed by atoms with van der Waals surface area (Å²) < 4.78 is 0. The van der Waals surface area contributed by atoms with Gasteiger partial charge in [0.1, 0.15) is 4.88 Å². The van der Waals surface area contributed by atoms with E-state index < -0.39 is 0 Å². The summed E-state index contributed by atoms with van der Waals surface area (Å²) in [5, 5.41) is 13.7. The zero-order valence-corrected chi connectivity index (χ0v) is 14.4. The summed E-state index contributed by atoms with van der Waals surface area (Å²) in [5.74, 6) is 5.73. The van der Waals surface area contributed by atoms with E-state index in [-0.39, 0.29) is 23.5 Å². The number of hydrogen-bond acceptors (Lipinski definition) is 3. The maximum atomic E-state index is 12.4. The van der Waals surface area contributed by atoms with Gasteiger partial charge in [0.05, 0.1) is 6.61 Å². The maximum absolute atomic E-state index is 12.4. The fraction of sp³-hybridized carbons (Fsp3) is 0.588. The molecule has 0 aliphatic carbocycles. The van der Waals surface area contributed by atoms with Gasteiger partial charge in [-0.3, -0.25) is 4.79 Å². The molecule has 21 heavy (non-hydrogen) atoms. The molecule has 0 saturated heterocycles. The topological polar surface area (TPSA) is 49.3 Å². The number of thiophene rings is 1. The van der Waals surface area contributed by atoms with Crippen molar-refractivity contribution in [2.75, 3.05) is 6.61 Å². The van der Waals surface area contributed by atoms with Crippen molar-refractivity contribution in [3.63, 3.8) is 0 Å². The molecular formula is C17H25NO2S. The van der Waals surface area contributed by atoms with Crippen molar-refractivity contribution in [2.24, 2.45) is 5.41 Å². The van der Waals surface area contributed by atoms with Gasteiger partial charge in [0.25, 0.3) is 5.91 Å². The molecule has 0 aliphatic heterocycles. The van der Waals surface area contributed by atoms with Gasteiger partial charge in [0.2, 0.25) is 0 Å². The first-order valence-corrected chi connectivity index (χ1v) is 8.02. The summed E-state index contributed by atoms with van der Waals surface area (Å²) >= 11 is 1.40. The van der Waals surface area contributed by atoms with E-state index in [1.165, 1.54) is 11.3 Å². The number of rotatable bonds is 4. The van der Waals surface area contributed by atoms with Crippen molar-refractivity contribution in [1.82, 2.24) is 5.32 Å². The van der Waals surface area contributed by atoms with E-state index in [0.717, 1.165) is 12.0 Å². The first-order chi connectivity index (χ1) is 9.64. The molecule has 0 fully saturated rings. The average molecular weight is 307 g/mol. The van der Waals surface area contributed by atoms with Crippen molar-refractivity contribution in [3.05, 3.63) is 21.9 Å². The number of nitrogens with one attached hydrogen (secondary N) is 1. The molecule has 0 aliphatic rings. The van der Waals surface area contributed by atoms with Gasteiger partial charge in [0.15, 0.2) is 0 Å². The molecule has 2 N–H and O–H groups in total. The van der Waals surface area contributed by atoms with Crippen LogP contribution in [-0.2, 0) is 0 Å². The van der Waals surface area contributed by atoms with E-state index in [2.05, 4.69) is 37.9 Å². The van der Waals surface area contributed by atoms with Crippen LogP contribution in [0.3, 0.4) is 0 Å². The van der Waals surface area contributed by atoms with Gasteiger partial charge >= 0.3 is 0 Å². The first-order valence-electron chi connectivity index (χ1n) is 7.14. The number of aliphatic hydroxyl groups excluding tert-OH is 1. The number of carbonyl (C=O) groups is 1. The molecule has 0 bridgehead atoms. The zero-order valence-electron chi connectivity index (χ0n) is 13.5. The highest BCUT2D eigenvalue weighted by Gasteiger charge is 2.28. The van der Waals surface area contributed by atoms with E-state index >= 15 is 0 Å². The van der Waals surface area contributed by atoms with Crippen LogP contribution in [0.15, 0.2) is 11.4 Å². The fourth-order valence-corrected chi connectivity index (χ4v) is 3.28. The van der Waals surface area contributed by atoms with E-state index in [1.54, 1.807) is 0 Å². The Morgan fingerprint density at radius 1 is 1.33 bits per heavy atom. The molecule has 0 unspecified atom stereocenters. The van der Waals surface area contributed by atoms with Gasteiger partial charge in [-0.05, 0) is 37.1 Å². The van der Waals surface area contributed by atoms with Crippen LogP contribution in [0, 0.1) is 17.3 Å². The summed E-state index contributed by atoms with van der Waals surface area (Å²) in [7, 11) is 0. The Labute approximate surface area is 131 Å². The average Bonchev–Trinajstić information content (AvgIpc) is 2.73. The number of aliphatic hydroxyl groups is 1. The second-order valence-electron chi connectivity index (χ2n) is 7.01. The van der Waals surface area contributed by atoms with Crippen LogP contribution in [0.2, 0.25) is 0 Å². The third-order valence-corrected chi connectivity index (χ3v) is 3.67. The molecule has 0 aromatic carbocycles. The Bertz CT molecular complexity index is 541. The van der Waals surface area contributed by atoms with E-state index in [4.69, 9.17) is 5.11 Å². The summed E-state index contributed by atoms with van der Waals surface area (Å²) in [4.78, 5) is 13.1. The van der Waals surface area contributed by atoms with Gasteiger partial charge in [-0.1, -0.05) is 32.6 Å². The van der Waals surface area contributed by atoms with E-state index in [9.17, 15) is 4.79 Å². The van der Waals surface area contributed by atoms with Crippen molar-refractivity contribution in [1.29, 1.82) is 0 Å². The lowest BCUT2D eigenvalue weighted by molar-refractivity contribution is 0.0895. The van der Waals surface area contributed by atoms with Gasteiger partial charge in [-0.15, -0.1) is 11.3 Å². The normalized spacial score (nSPS) is 11.7. The maximum Gasteiger partial charge on any atom is 0.263 e. The lowest BCUT2D eigenvalue weighted by Gasteiger charge is -2.33. The second-order valence-corrected chi connectivity index (χ2v) is 7.93. The number of carbonyl (C=O) groups excluding carboxylic acids is 1. The molecule has 4 heteroatoms. The standard InChI is InChI=1S/C17H25NO2S/c1-16(2,3)12-17(4,5)18-15(20)14-13(9-11-21-14)8-6-7-10-19/h9,11,19H,7,10,12H2,1-5H3,(H,18,20). The van der Waals surface area contributed by atoms with E-state index in [0.29, 0.717) is 11.3 Å². The van der Waals surface area contributed by atoms with Gasteiger partial charge < -0.3 is 10.4 Å². The van der Waals surface area contributed by atoms with Crippen LogP contribution in [0.5, 0.6) is 0 Å². The lowest BCUT2D eigenvalue weighted by atomic mass is 9.82. The van der Waals surface area contributed by atoms with Gasteiger partial charge in [0, 0.05) is 17.5 Å². The molecule has 1 rings (SSSR count). The van der Waals surface area contributed by atoms with Crippen LogP contribution in [0.4, 0.5) is 0 Å². The third kappa shape index (κ3) is 6.33. The highest BCUT2D eigenvalue weighted by Crippen LogP contribution is 2.27. The smallest absolute Gasteiger partial charge is 0.263 e. The third-order valence-electron chi connectivity index (χ3n) is 2.76. The second kappa shape index (κ2) is 7.11. The fourth-order valence-electron chi connectivity index (χ4n) is 2.53. The van der Waals surface area contributed by atoms with Gasteiger partial charge in [-0.2, -0.15) is 0 Å². The molecule has 0 radical (unpaired) electrons. The van der Waals surface area contributed by atoms with Crippen LogP contribution in [-0.4, -0.2) is 23.2 Å². The van der Waals surface area contributed by atoms with Crippen molar-refractivity contribution in [3.8, 4) is 11.8 Å². The Balaban J connectivity index is 2.82. The predicted molar refractivity (Wildman–Crippen MR) is 88.5 cm³/mol. The number of amides is 1. The first kappa shape index (κ1) is 17.7. The lowest BCUT2D eigenvalue weighted by Crippen LogP contribution is -2.45. The van der Waals surface area contributed by atoms with Crippen LogP contribution in [0.1, 0.15) is 62.7 Å². The Morgan fingerprint density at radius 2 is 2.00 bits per heavy atom. The predicted octanol–water partition coefficient (Wildman–Crippen LogP) is 3.43. The van der Waals surface area contributed by atoms with E-state index in [1.807, 2.05) is 25.3 Å². The van der Waals surface area contributed by atoms with Crippen molar-refractivity contribution < 1.29 is 9.90 Å². The molecule has 0 saturated carbocycles. The van der Waals surface area contributed by atoms with Crippen molar-refractivity contribution >= 4 is 17.2 Å². The highest BCUT2D eigenvalue weighted by molar-refractivity contribution is 7.12. The minimum absolute atomic E-state index is 0.0390. The molecule has 3 nitrogen and oxygen atoms in total. The summed E-state index contributed by atoms with van der Waals surface area (Å²) in [6.45, 7) is 10.6. The summed E-state index contributed by atoms with van der Waals surface area (Å²) in [5.41, 5.74) is 0.614. The summed E-state index contributed by atoms with van der Waals surface area (Å²) in [6.07, 6.45) is 1.31. The van der Waals surface area contributed by atoms with Crippen LogP contribution >= 0.6 is 11.3 Å². The quantitative estimate of drug-likeness (QED) is 0.837. The number of hydrogen-bond donors (Lipinski definition) is 2.